The minimum atomic E-state index is -0.873. The second kappa shape index (κ2) is 6.15. The van der Waals surface area contributed by atoms with E-state index in [-0.39, 0.29) is 0 Å². The zero-order valence-corrected chi connectivity index (χ0v) is 11.6. The van der Waals surface area contributed by atoms with Crippen LogP contribution in [0.3, 0.4) is 0 Å². The summed E-state index contributed by atoms with van der Waals surface area (Å²) < 4.78 is 0. The lowest BCUT2D eigenvalue weighted by molar-refractivity contribution is -0.132. The Morgan fingerprint density at radius 2 is 1.80 bits per heavy atom. The smallest absolute Gasteiger partial charge is 0.331 e. The molecule has 3 nitrogen and oxygen atoms in total. The summed E-state index contributed by atoms with van der Waals surface area (Å²) in [5.41, 5.74) is 4.46. The maximum Gasteiger partial charge on any atom is 0.331 e. The fourth-order valence-corrected chi connectivity index (χ4v) is 1.99. The largest absolute Gasteiger partial charge is 0.478 e. The van der Waals surface area contributed by atoms with Crippen LogP contribution in [0.5, 0.6) is 0 Å². The van der Waals surface area contributed by atoms with Crippen molar-refractivity contribution in [2.45, 2.75) is 20.3 Å². The lowest BCUT2D eigenvalue weighted by Crippen LogP contribution is -1.99. The Morgan fingerprint density at radius 1 is 1.10 bits per heavy atom. The van der Waals surface area contributed by atoms with Crippen LogP contribution in [0.1, 0.15) is 30.5 Å². The van der Waals surface area contributed by atoms with Gasteiger partial charge in [-0.2, -0.15) is 0 Å². The van der Waals surface area contributed by atoms with Gasteiger partial charge in [0.05, 0.1) is 0 Å². The first-order valence-electron chi connectivity index (χ1n) is 6.47. The number of hydrogen-bond acceptors (Lipinski definition) is 2. The van der Waals surface area contributed by atoms with Gasteiger partial charge in [-0.1, -0.05) is 30.3 Å². The van der Waals surface area contributed by atoms with Gasteiger partial charge in [-0.05, 0) is 48.6 Å². The summed E-state index contributed by atoms with van der Waals surface area (Å²) in [5, 5.41) is 9.00. The van der Waals surface area contributed by atoms with Crippen LogP contribution in [-0.4, -0.2) is 16.1 Å². The number of aromatic nitrogens is 1. The topological polar surface area (TPSA) is 50.2 Å². The van der Waals surface area contributed by atoms with E-state index in [9.17, 15) is 4.79 Å². The Bertz CT molecular complexity index is 628. The highest BCUT2D eigenvalue weighted by Gasteiger charge is 2.07. The highest BCUT2D eigenvalue weighted by molar-refractivity contribution is 5.95. The van der Waals surface area contributed by atoms with Gasteiger partial charge in [0.15, 0.2) is 0 Å². The fraction of sp³-hybridized carbons (Fsp3) is 0.176. The van der Waals surface area contributed by atoms with Crippen LogP contribution < -0.4 is 0 Å². The summed E-state index contributed by atoms with van der Waals surface area (Å²) in [6.07, 6.45) is 4.44. The molecule has 1 heterocycles. The van der Waals surface area contributed by atoms with Crippen LogP contribution in [0.2, 0.25) is 0 Å². The lowest BCUT2D eigenvalue weighted by atomic mass is 9.99. The summed E-state index contributed by atoms with van der Waals surface area (Å²) in [4.78, 5) is 15.1. The quantitative estimate of drug-likeness (QED) is 0.862. The summed E-state index contributed by atoms with van der Waals surface area (Å²) in [6, 6.07) is 12.0. The van der Waals surface area contributed by atoms with Crippen molar-refractivity contribution in [3.05, 3.63) is 71.1 Å². The van der Waals surface area contributed by atoms with Crippen molar-refractivity contribution in [2.75, 3.05) is 0 Å². The van der Waals surface area contributed by atoms with Crippen molar-refractivity contribution in [1.82, 2.24) is 4.98 Å². The fourth-order valence-electron chi connectivity index (χ4n) is 1.99. The summed E-state index contributed by atoms with van der Waals surface area (Å²) in [5.74, 6) is -0.873. The first-order chi connectivity index (χ1) is 9.58. The van der Waals surface area contributed by atoms with Gasteiger partial charge in [-0.25, -0.2) is 4.79 Å². The second-order valence-corrected chi connectivity index (χ2v) is 4.79. The van der Waals surface area contributed by atoms with Crippen molar-refractivity contribution in [1.29, 1.82) is 0 Å². The number of allylic oxidation sites excluding steroid dienone is 1. The number of carboxylic acid groups (broad SMARTS) is 1. The molecule has 0 aliphatic heterocycles. The van der Waals surface area contributed by atoms with Crippen molar-refractivity contribution in [3.63, 3.8) is 0 Å². The summed E-state index contributed by atoms with van der Waals surface area (Å²) in [7, 11) is 0. The van der Waals surface area contributed by atoms with E-state index in [1.54, 1.807) is 13.1 Å². The Hall–Kier alpha value is -2.42. The zero-order valence-electron chi connectivity index (χ0n) is 11.6. The Kier molecular flexibility index (Phi) is 4.31. The Morgan fingerprint density at radius 3 is 2.35 bits per heavy atom. The predicted molar refractivity (Wildman–Crippen MR) is 79.4 cm³/mol. The van der Waals surface area contributed by atoms with Crippen LogP contribution in [-0.2, 0) is 11.2 Å². The van der Waals surface area contributed by atoms with E-state index in [0.717, 1.165) is 23.1 Å². The first kappa shape index (κ1) is 14.0. The molecule has 1 aromatic carbocycles. The highest BCUT2D eigenvalue weighted by Crippen LogP contribution is 2.19. The molecule has 0 amide bonds. The highest BCUT2D eigenvalue weighted by atomic mass is 16.4. The third-order valence-electron chi connectivity index (χ3n) is 3.40. The SMILES string of the molecule is CC(C(=O)O)=C(C)c1ccc(Cc2cccnc2)cc1. The molecule has 3 heteroatoms. The molecule has 0 saturated heterocycles. The molecule has 2 rings (SSSR count). The van der Waals surface area contributed by atoms with Crippen molar-refractivity contribution < 1.29 is 9.90 Å². The standard InChI is InChI=1S/C17H17NO2/c1-12(13(2)17(19)20)16-7-5-14(6-8-16)10-15-4-3-9-18-11-15/h3-9,11H,10H2,1-2H3,(H,19,20). The average Bonchev–Trinajstić information content (AvgIpc) is 2.47. The first-order valence-corrected chi connectivity index (χ1v) is 6.47. The molecule has 1 N–H and O–H groups in total. The molecule has 0 radical (unpaired) electrons. The number of pyridine rings is 1. The van der Waals surface area contributed by atoms with E-state index in [0.29, 0.717) is 5.57 Å². The normalized spacial score (nSPS) is 11.9. The average molecular weight is 267 g/mol. The van der Waals surface area contributed by atoms with Gasteiger partial charge < -0.3 is 5.11 Å². The minimum absolute atomic E-state index is 0.380. The summed E-state index contributed by atoms with van der Waals surface area (Å²) in [6.45, 7) is 3.46. The van der Waals surface area contributed by atoms with Gasteiger partial charge in [0.2, 0.25) is 0 Å². The van der Waals surface area contributed by atoms with E-state index >= 15 is 0 Å². The number of carbonyl (C=O) groups is 1. The number of carboxylic acids is 1. The Balaban J connectivity index is 2.19. The maximum atomic E-state index is 11.0. The third kappa shape index (κ3) is 3.32. The van der Waals surface area contributed by atoms with Gasteiger partial charge in [0.25, 0.3) is 0 Å². The van der Waals surface area contributed by atoms with Crippen molar-refractivity contribution in [2.24, 2.45) is 0 Å². The van der Waals surface area contributed by atoms with Crippen LogP contribution in [0.4, 0.5) is 0 Å². The number of benzene rings is 1. The lowest BCUT2D eigenvalue weighted by Gasteiger charge is -2.07. The molecule has 1 aromatic heterocycles. The molecule has 0 aliphatic rings. The molecule has 0 aliphatic carbocycles. The summed E-state index contributed by atoms with van der Waals surface area (Å²) >= 11 is 0. The van der Waals surface area contributed by atoms with Gasteiger partial charge in [0, 0.05) is 18.0 Å². The number of hydrogen-bond donors (Lipinski definition) is 1. The van der Waals surface area contributed by atoms with Crippen LogP contribution in [0, 0.1) is 0 Å². The van der Waals surface area contributed by atoms with Crippen molar-refractivity contribution >= 4 is 11.5 Å². The van der Waals surface area contributed by atoms with Gasteiger partial charge in [-0.3, -0.25) is 4.98 Å². The molecule has 0 bridgehead atoms. The number of rotatable bonds is 4. The molecular weight excluding hydrogens is 250 g/mol. The predicted octanol–water partition coefficient (Wildman–Crippen LogP) is 3.55. The van der Waals surface area contributed by atoms with E-state index in [1.165, 1.54) is 5.56 Å². The third-order valence-corrected chi connectivity index (χ3v) is 3.40. The zero-order chi connectivity index (χ0) is 14.5. The molecule has 102 valence electrons. The number of aliphatic carboxylic acids is 1. The van der Waals surface area contributed by atoms with Crippen LogP contribution >= 0.6 is 0 Å². The maximum absolute atomic E-state index is 11.0. The van der Waals surface area contributed by atoms with E-state index in [4.69, 9.17) is 5.11 Å². The van der Waals surface area contributed by atoms with E-state index in [1.807, 2.05) is 49.5 Å². The number of nitrogens with zero attached hydrogens (tertiary/aromatic N) is 1. The van der Waals surface area contributed by atoms with Gasteiger partial charge >= 0.3 is 5.97 Å². The molecule has 0 spiro atoms. The molecule has 0 unspecified atom stereocenters. The molecule has 0 saturated carbocycles. The van der Waals surface area contributed by atoms with Crippen LogP contribution in [0.15, 0.2) is 54.4 Å². The molecule has 0 fully saturated rings. The molecule has 0 atom stereocenters. The van der Waals surface area contributed by atoms with E-state index < -0.39 is 5.97 Å². The minimum Gasteiger partial charge on any atom is -0.478 e. The molecule has 2 aromatic rings. The van der Waals surface area contributed by atoms with Gasteiger partial charge in [-0.15, -0.1) is 0 Å². The molecular formula is C17H17NO2. The Labute approximate surface area is 118 Å². The van der Waals surface area contributed by atoms with E-state index in [2.05, 4.69) is 4.98 Å². The van der Waals surface area contributed by atoms with Gasteiger partial charge in [0.1, 0.15) is 0 Å². The monoisotopic (exact) mass is 267 g/mol. The van der Waals surface area contributed by atoms with Crippen molar-refractivity contribution in [3.8, 4) is 0 Å². The second-order valence-electron chi connectivity index (χ2n) is 4.79. The molecule has 20 heavy (non-hydrogen) atoms. The van der Waals surface area contributed by atoms with Crippen LogP contribution in [0.25, 0.3) is 5.57 Å².